The number of nitrogens with zero attached hydrogens (tertiary/aromatic N) is 2. The predicted molar refractivity (Wildman–Crippen MR) is 107 cm³/mol. The number of hydrogen-bond acceptors (Lipinski definition) is 2. The fraction of sp³-hybridized carbons (Fsp3) is 0.565. The minimum Gasteiger partial charge on any atom is -0.331 e. The molecule has 0 fully saturated rings. The Morgan fingerprint density at radius 1 is 0.880 bits per heavy atom. The molecule has 0 saturated carbocycles. The Labute approximate surface area is 154 Å². The standard InChI is InChI=1S/C23H34N2/c1-15-11-18(4)22(23(7,8)13-15)25-10-9-24(14-25)21-17(3)12-16(2)19(5)20(21)6/h9-12,19-20H,13-14H2,1-8H3/t19?,20-/m0/s1. The van der Waals surface area contributed by atoms with Gasteiger partial charge >= 0.3 is 0 Å². The van der Waals surface area contributed by atoms with Crippen molar-refractivity contribution >= 4 is 0 Å². The summed E-state index contributed by atoms with van der Waals surface area (Å²) in [5.74, 6) is 1.17. The molecule has 3 rings (SSSR count). The quantitative estimate of drug-likeness (QED) is 0.592. The molecule has 1 aliphatic heterocycles. The Kier molecular flexibility index (Phi) is 4.51. The average molecular weight is 339 g/mol. The Morgan fingerprint density at radius 2 is 1.52 bits per heavy atom. The maximum Gasteiger partial charge on any atom is 0.0983 e. The molecule has 1 heterocycles. The first-order valence-electron chi connectivity index (χ1n) is 9.61. The van der Waals surface area contributed by atoms with E-state index in [0.29, 0.717) is 11.8 Å². The van der Waals surface area contributed by atoms with Crippen molar-refractivity contribution in [2.45, 2.75) is 61.8 Å². The summed E-state index contributed by atoms with van der Waals surface area (Å²) >= 11 is 0. The van der Waals surface area contributed by atoms with Crippen LogP contribution in [0.15, 0.2) is 58.2 Å². The highest BCUT2D eigenvalue weighted by Crippen LogP contribution is 2.44. The molecule has 1 unspecified atom stereocenters. The molecule has 0 aromatic heterocycles. The second-order valence-corrected chi connectivity index (χ2v) is 9.00. The van der Waals surface area contributed by atoms with Crippen LogP contribution in [-0.4, -0.2) is 16.5 Å². The fourth-order valence-corrected chi connectivity index (χ4v) is 5.17. The van der Waals surface area contributed by atoms with E-state index in [1.54, 1.807) is 0 Å². The maximum atomic E-state index is 2.46. The van der Waals surface area contributed by atoms with Crippen molar-refractivity contribution in [1.82, 2.24) is 9.80 Å². The third-order valence-corrected chi connectivity index (χ3v) is 6.27. The monoisotopic (exact) mass is 338 g/mol. The molecule has 3 aliphatic rings. The largest absolute Gasteiger partial charge is 0.331 e. The molecular weight excluding hydrogens is 304 g/mol. The van der Waals surface area contributed by atoms with Crippen molar-refractivity contribution in [3.05, 3.63) is 58.2 Å². The van der Waals surface area contributed by atoms with Crippen LogP contribution < -0.4 is 0 Å². The van der Waals surface area contributed by atoms with Gasteiger partial charge in [0.25, 0.3) is 0 Å². The molecule has 0 aromatic carbocycles. The molecule has 2 aliphatic carbocycles. The van der Waals surface area contributed by atoms with Crippen molar-refractivity contribution in [2.24, 2.45) is 17.3 Å². The first-order chi connectivity index (χ1) is 11.6. The summed E-state index contributed by atoms with van der Waals surface area (Å²) in [5, 5.41) is 0. The molecule has 25 heavy (non-hydrogen) atoms. The Balaban J connectivity index is 1.90. The third-order valence-electron chi connectivity index (χ3n) is 6.27. The van der Waals surface area contributed by atoms with Gasteiger partial charge in [-0.15, -0.1) is 0 Å². The number of allylic oxidation sites excluding steroid dienone is 8. The lowest BCUT2D eigenvalue weighted by Gasteiger charge is -2.40. The molecule has 0 saturated heterocycles. The van der Waals surface area contributed by atoms with E-state index >= 15 is 0 Å². The molecule has 0 spiro atoms. The highest BCUT2D eigenvalue weighted by molar-refractivity contribution is 5.39. The molecule has 0 aromatic rings. The van der Waals surface area contributed by atoms with Crippen LogP contribution in [0.2, 0.25) is 0 Å². The van der Waals surface area contributed by atoms with E-state index in [0.717, 1.165) is 13.1 Å². The minimum absolute atomic E-state index is 0.189. The molecule has 0 N–H and O–H groups in total. The van der Waals surface area contributed by atoms with Gasteiger partial charge in [-0.2, -0.15) is 0 Å². The second-order valence-electron chi connectivity index (χ2n) is 9.00. The molecule has 2 heteroatoms. The van der Waals surface area contributed by atoms with Gasteiger partial charge in [-0.1, -0.05) is 51.0 Å². The lowest BCUT2D eigenvalue weighted by Crippen LogP contribution is -2.35. The third kappa shape index (κ3) is 3.12. The smallest absolute Gasteiger partial charge is 0.0983 e. The lowest BCUT2D eigenvalue weighted by atomic mass is 9.76. The first kappa shape index (κ1) is 18.1. The minimum atomic E-state index is 0.189. The van der Waals surface area contributed by atoms with E-state index in [-0.39, 0.29) is 5.41 Å². The topological polar surface area (TPSA) is 6.48 Å². The Bertz CT molecular complexity index is 727. The molecular formula is C23H34N2. The number of hydrogen-bond donors (Lipinski definition) is 0. The summed E-state index contributed by atoms with van der Waals surface area (Å²) in [4.78, 5) is 4.92. The highest BCUT2D eigenvalue weighted by atomic mass is 15.4. The molecule has 0 amide bonds. The predicted octanol–water partition coefficient (Wildman–Crippen LogP) is 6.19. The van der Waals surface area contributed by atoms with Gasteiger partial charge in [-0.05, 0) is 51.2 Å². The number of rotatable bonds is 2. The van der Waals surface area contributed by atoms with E-state index in [9.17, 15) is 0 Å². The van der Waals surface area contributed by atoms with Gasteiger partial charge in [0, 0.05) is 35.1 Å². The zero-order chi connectivity index (χ0) is 18.5. The molecule has 0 radical (unpaired) electrons. The van der Waals surface area contributed by atoms with Crippen LogP contribution in [0.3, 0.4) is 0 Å². The van der Waals surface area contributed by atoms with Crippen LogP contribution in [0.25, 0.3) is 0 Å². The van der Waals surface area contributed by atoms with Gasteiger partial charge in [0.2, 0.25) is 0 Å². The van der Waals surface area contributed by atoms with Gasteiger partial charge in [-0.3, -0.25) is 0 Å². The van der Waals surface area contributed by atoms with E-state index in [1.807, 2.05) is 0 Å². The normalized spacial score (nSPS) is 29.4. The first-order valence-corrected chi connectivity index (χ1v) is 9.61. The summed E-state index contributed by atoms with van der Waals surface area (Å²) in [7, 11) is 0. The van der Waals surface area contributed by atoms with E-state index in [1.165, 1.54) is 33.7 Å². The summed E-state index contributed by atoms with van der Waals surface area (Å²) < 4.78 is 0. The fourth-order valence-electron chi connectivity index (χ4n) is 5.17. The average Bonchev–Trinajstić information content (AvgIpc) is 2.91. The van der Waals surface area contributed by atoms with Crippen LogP contribution in [-0.2, 0) is 0 Å². The van der Waals surface area contributed by atoms with E-state index in [2.05, 4.69) is 89.7 Å². The van der Waals surface area contributed by atoms with Crippen molar-refractivity contribution < 1.29 is 0 Å². The van der Waals surface area contributed by atoms with Crippen molar-refractivity contribution in [1.29, 1.82) is 0 Å². The molecule has 0 bridgehead atoms. The maximum absolute atomic E-state index is 2.46. The highest BCUT2D eigenvalue weighted by Gasteiger charge is 2.35. The van der Waals surface area contributed by atoms with Crippen LogP contribution in [0.1, 0.15) is 61.8 Å². The van der Waals surface area contributed by atoms with Crippen LogP contribution in [0, 0.1) is 17.3 Å². The summed E-state index contributed by atoms with van der Waals surface area (Å²) in [6, 6.07) is 0. The van der Waals surface area contributed by atoms with Gasteiger partial charge in [-0.25, -0.2) is 0 Å². The Morgan fingerprint density at radius 3 is 2.16 bits per heavy atom. The zero-order valence-electron chi connectivity index (χ0n) is 17.3. The molecule has 2 nitrogen and oxygen atoms in total. The van der Waals surface area contributed by atoms with Gasteiger partial charge in [0.05, 0.1) is 6.67 Å². The summed E-state index contributed by atoms with van der Waals surface area (Å²) in [6.45, 7) is 19.4. The SMILES string of the molecule is CC1=CC(C)=C(N2C=CN(C3=C(C)C=C(C)C(C)[C@@H]3C)C2)C(C)(C)C1. The van der Waals surface area contributed by atoms with E-state index < -0.39 is 0 Å². The van der Waals surface area contributed by atoms with Gasteiger partial charge < -0.3 is 9.80 Å². The van der Waals surface area contributed by atoms with Crippen molar-refractivity contribution in [2.75, 3.05) is 6.67 Å². The molecule has 136 valence electrons. The molecule has 2 atom stereocenters. The zero-order valence-corrected chi connectivity index (χ0v) is 17.3. The van der Waals surface area contributed by atoms with Crippen molar-refractivity contribution in [3.8, 4) is 0 Å². The second kappa shape index (κ2) is 6.23. The Hall–Kier alpha value is -1.70. The van der Waals surface area contributed by atoms with Crippen molar-refractivity contribution in [3.63, 3.8) is 0 Å². The van der Waals surface area contributed by atoms with Gasteiger partial charge in [0.1, 0.15) is 0 Å². The van der Waals surface area contributed by atoms with Crippen LogP contribution >= 0.6 is 0 Å². The van der Waals surface area contributed by atoms with Crippen LogP contribution in [0.4, 0.5) is 0 Å². The summed E-state index contributed by atoms with van der Waals surface area (Å²) in [5.41, 5.74) is 8.95. The lowest BCUT2D eigenvalue weighted by molar-refractivity contribution is 0.250. The van der Waals surface area contributed by atoms with E-state index in [4.69, 9.17) is 0 Å². The van der Waals surface area contributed by atoms with Crippen LogP contribution in [0.5, 0.6) is 0 Å². The summed E-state index contributed by atoms with van der Waals surface area (Å²) in [6.07, 6.45) is 10.4. The van der Waals surface area contributed by atoms with Gasteiger partial charge in [0.15, 0.2) is 0 Å².